The monoisotopic (exact) mass is 455 g/mol. The number of piperidine rings is 1. The van der Waals surface area contributed by atoms with Crippen molar-refractivity contribution in [1.29, 1.82) is 0 Å². The third-order valence-corrected chi connectivity index (χ3v) is 8.15. The number of amides is 1. The first-order chi connectivity index (χ1) is 15.3. The summed E-state index contributed by atoms with van der Waals surface area (Å²) in [7, 11) is -3.67. The van der Waals surface area contributed by atoms with E-state index in [0.717, 1.165) is 29.9 Å². The normalized spacial score (nSPS) is 19.7. The molecule has 32 heavy (non-hydrogen) atoms. The largest absolute Gasteiger partial charge is 0.371 e. The van der Waals surface area contributed by atoms with Crippen molar-refractivity contribution in [2.45, 2.75) is 57.4 Å². The second-order valence-corrected chi connectivity index (χ2v) is 10.8. The molecule has 2 heterocycles. The Morgan fingerprint density at radius 1 is 1.16 bits per heavy atom. The van der Waals surface area contributed by atoms with Crippen LogP contribution in [0.1, 0.15) is 57.2 Å². The number of carbonyl (C=O) groups is 1. The van der Waals surface area contributed by atoms with Crippen molar-refractivity contribution in [2.75, 3.05) is 29.4 Å². The molecule has 0 spiro atoms. The molecule has 1 fully saturated rings. The summed E-state index contributed by atoms with van der Waals surface area (Å²) in [6, 6.07) is 12.9. The molecule has 4 rings (SSSR count). The first-order valence-corrected chi connectivity index (χ1v) is 13.1. The van der Waals surface area contributed by atoms with Crippen LogP contribution < -0.4 is 14.5 Å². The number of carbonyl (C=O) groups excluding carboxylic acids is 1. The van der Waals surface area contributed by atoms with Crippen molar-refractivity contribution in [3.63, 3.8) is 0 Å². The second kappa shape index (κ2) is 9.24. The third-order valence-electron chi connectivity index (χ3n) is 6.61. The van der Waals surface area contributed by atoms with Crippen molar-refractivity contribution in [3.05, 3.63) is 53.6 Å². The molecule has 0 unspecified atom stereocenters. The molecule has 172 valence electrons. The lowest BCUT2D eigenvalue weighted by molar-refractivity contribution is -0.118. The summed E-state index contributed by atoms with van der Waals surface area (Å²) in [5, 5.41) is 0. The van der Waals surface area contributed by atoms with E-state index in [1.807, 2.05) is 26.0 Å². The van der Waals surface area contributed by atoms with Crippen LogP contribution in [0.3, 0.4) is 0 Å². The number of hydrogen-bond acceptors (Lipinski definition) is 4. The number of anilines is 2. The van der Waals surface area contributed by atoms with E-state index in [1.54, 1.807) is 23.1 Å². The number of hydrogen-bond donors (Lipinski definition) is 1. The average Bonchev–Trinajstić information content (AvgIpc) is 3.22. The van der Waals surface area contributed by atoms with Crippen LogP contribution in [0.25, 0.3) is 0 Å². The van der Waals surface area contributed by atoms with Gasteiger partial charge in [0.1, 0.15) is 0 Å². The summed E-state index contributed by atoms with van der Waals surface area (Å²) in [4.78, 5) is 16.5. The predicted octanol–water partition coefficient (Wildman–Crippen LogP) is 4.26. The van der Waals surface area contributed by atoms with Crippen LogP contribution >= 0.6 is 0 Å². The van der Waals surface area contributed by atoms with Gasteiger partial charge >= 0.3 is 0 Å². The molecule has 0 aromatic heterocycles. The summed E-state index contributed by atoms with van der Waals surface area (Å²) < 4.78 is 28.9. The molecule has 7 heteroatoms. The fourth-order valence-corrected chi connectivity index (χ4v) is 6.04. The van der Waals surface area contributed by atoms with E-state index < -0.39 is 10.0 Å². The van der Waals surface area contributed by atoms with Crippen LogP contribution in [0.15, 0.2) is 47.4 Å². The lowest BCUT2D eigenvalue weighted by atomic mass is 9.99. The molecule has 6 nitrogen and oxygen atoms in total. The van der Waals surface area contributed by atoms with Gasteiger partial charge in [-0.3, -0.25) is 4.79 Å². The Hall–Kier alpha value is -2.38. The average molecular weight is 456 g/mol. The molecule has 2 aromatic rings. The Morgan fingerprint density at radius 2 is 1.91 bits per heavy atom. The SMILES string of the molecule is CCC(=O)N1CCc2cc(S(=O)(=O)N[C@H](C)c3ccc(N4CCC[C@@H](C)C4)cc3)ccc21. The molecular weight excluding hydrogens is 422 g/mol. The van der Waals surface area contributed by atoms with E-state index >= 15 is 0 Å². The Morgan fingerprint density at radius 3 is 2.59 bits per heavy atom. The molecule has 0 aliphatic carbocycles. The van der Waals surface area contributed by atoms with E-state index in [1.165, 1.54) is 18.5 Å². The summed E-state index contributed by atoms with van der Waals surface area (Å²) in [5.41, 5.74) is 3.86. The maximum atomic E-state index is 13.0. The fourth-order valence-electron chi connectivity index (χ4n) is 4.76. The zero-order chi connectivity index (χ0) is 22.9. The molecule has 1 saturated heterocycles. The Balaban J connectivity index is 1.46. The quantitative estimate of drug-likeness (QED) is 0.707. The van der Waals surface area contributed by atoms with Gasteiger partial charge in [-0.05, 0) is 73.6 Å². The smallest absolute Gasteiger partial charge is 0.241 e. The topological polar surface area (TPSA) is 69.7 Å². The Labute approximate surface area is 191 Å². The van der Waals surface area contributed by atoms with Crippen LogP contribution in [0, 0.1) is 5.92 Å². The molecule has 2 aliphatic rings. The number of rotatable bonds is 6. The van der Waals surface area contributed by atoms with Gasteiger partial charge in [0, 0.05) is 43.5 Å². The van der Waals surface area contributed by atoms with Gasteiger partial charge in [0.25, 0.3) is 0 Å². The molecule has 2 atom stereocenters. The Kier molecular flexibility index (Phi) is 6.58. The molecular formula is C25H33N3O3S. The first kappa shape index (κ1) is 22.8. The standard InChI is InChI=1S/C25H33N3O3S/c1-4-25(29)28-15-13-21-16-23(11-12-24(21)28)32(30,31)26-19(3)20-7-9-22(10-8-20)27-14-5-6-18(2)17-27/h7-12,16,18-19,26H,4-6,13-15,17H2,1-3H3/t18-,19-/m1/s1. The van der Waals surface area contributed by atoms with Crippen LogP contribution in [0.2, 0.25) is 0 Å². The van der Waals surface area contributed by atoms with Gasteiger partial charge in [-0.2, -0.15) is 0 Å². The van der Waals surface area contributed by atoms with E-state index in [-0.39, 0.29) is 16.8 Å². The van der Waals surface area contributed by atoms with Gasteiger partial charge < -0.3 is 9.80 Å². The Bertz CT molecular complexity index is 1080. The molecule has 2 aromatic carbocycles. The van der Waals surface area contributed by atoms with Gasteiger partial charge in [-0.1, -0.05) is 26.0 Å². The van der Waals surface area contributed by atoms with Crippen LogP contribution in [-0.2, 0) is 21.2 Å². The molecule has 1 N–H and O–H groups in total. The highest BCUT2D eigenvalue weighted by Gasteiger charge is 2.26. The molecule has 0 radical (unpaired) electrons. The third kappa shape index (κ3) is 4.69. The fraction of sp³-hybridized carbons (Fsp3) is 0.480. The van der Waals surface area contributed by atoms with Crippen molar-refractivity contribution < 1.29 is 13.2 Å². The van der Waals surface area contributed by atoms with Crippen molar-refractivity contribution in [2.24, 2.45) is 5.92 Å². The van der Waals surface area contributed by atoms with Crippen LogP contribution in [0.4, 0.5) is 11.4 Å². The van der Waals surface area contributed by atoms with Crippen LogP contribution in [-0.4, -0.2) is 34.0 Å². The minimum atomic E-state index is -3.67. The zero-order valence-corrected chi connectivity index (χ0v) is 20.0. The molecule has 2 aliphatic heterocycles. The van der Waals surface area contributed by atoms with E-state index in [0.29, 0.717) is 25.3 Å². The number of benzene rings is 2. The van der Waals surface area contributed by atoms with Gasteiger partial charge in [0.2, 0.25) is 15.9 Å². The second-order valence-electron chi connectivity index (χ2n) is 9.07. The predicted molar refractivity (Wildman–Crippen MR) is 129 cm³/mol. The minimum Gasteiger partial charge on any atom is -0.371 e. The summed E-state index contributed by atoms with van der Waals surface area (Å²) in [5.74, 6) is 0.766. The highest BCUT2D eigenvalue weighted by Crippen LogP contribution is 2.31. The number of nitrogens with zero attached hydrogens (tertiary/aromatic N) is 2. The van der Waals surface area contributed by atoms with E-state index in [9.17, 15) is 13.2 Å². The van der Waals surface area contributed by atoms with Gasteiger partial charge in [-0.25, -0.2) is 13.1 Å². The highest BCUT2D eigenvalue weighted by molar-refractivity contribution is 7.89. The van der Waals surface area contributed by atoms with E-state index in [4.69, 9.17) is 0 Å². The maximum absolute atomic E-state index is 13.0. The number of fused-ring (bicyclic) bond motifs is 1. The lowest BCUT2D eigenvalue weighted by Gasteiger charge is -2.33. The van der Waals surface area contributed by atoms with E-state index in [2.05, 4.69) is 28.7 Å². The number of sulfonamides is 1. The van der Waals surface area contributed by atoms with Gasteiger partial charge in [0.05, 0.1) is 4.90 Å². The first-order valence-electron chi connectivity index (χ1n) is 11.6. The summed E-state index contributed by atoms with van der Waals surface area (Å²) >= 11 is 0. The highest BCUT2D eigenvalue weighted by atomic mass is 32.2. The van der Waals surface area contributed by atoms with Crippen molar-refractivity contribution >= 4 is 27.3 Å². The minimum absolute atomic E-state index is 0.0635. The summed E-state index contributed by atoms with van der Waals surface area (Å²) in [6.07, 6.45) is 3.61. The van der Waals surface area contributed by atoms with Crippen molar-refractivity contribution in [1.82, 2.24) is 4.72 Å². The zero-order valence-electron chi connectivity index (χ0n) is 19.2. The molecule has 0 bridgehead atoms. The molecule has 1 amide bonds. The molecule has 0 saturated carbocycles. The van der Waals surface area contributed by atoms with Gasteiger partial charge in [-0.15, -0.1) is 0 Å². The maximum Gasteiger partial charge on any atom is 0.241 e. The lowest BCUT2D eigenvalue weighted by Crippen LogP contribution is -2.34. The number of nitrogens with one attached hydrogen (secondary N) is 1. The van der Waals surface area contributed by atoms with Crippen LogP contribution in [0.5, 0.6) is 0 Å². The summed E-state index contributed by atoms with van der Waals surface area (Å²) in [6.45, 7) is 8.74. The van der Waals surface area contributed by atoms with Crippen molar-refractivity contribution in [3.8, 4) is 0 Å². The van der Waals surface area contributed by atoms with Gasteiger partial charge in [0.15, 0.2) is 0 Å².